The lowest BCUT2D eigenvalue weighted by Gasteiger charge is -2.23. The van der Waals surface area contributed by atoms with Crippen LogP contribution in [0, 0.1) is 0 Å². The second kappa shape index (κ2) is 7.04. The van der Waals surface area contributed by atoms with Crippen LogP contribution in [-0.2, 0) is 14.6 Å². The molecule has 5 heteroatoms. The van der Waals surface area contributed by atoms with E-state index in [1.165, 1.54) is 38.4 Å². The van der Waals surface area contributed by atoms with Crippen molar-refractivity contribution in [3.63, 3.8) is 0 Å². The van der Waals surface area contributed by atoms with Gasteiger partial charge in [0.25, 0.3) is 0 Å². The molecule has 0 radical (unpaired) electrons. The van der Waals surface area contributed by atoms with Crippen LogP contribution in [0.25, 0.3) is 0 Å². The van der Waals surface area contributed by atoms with Gasteiger partial charge in [0, 0.05) is 18.8 Å². The van der Waals surface area contributed by atoms with Gasteiger partial charge in [0.1, 0.15) is 0 Å². The normalized spacial score (nSPS) is 29.7. The minimum Gasteiger partial charge on any atom is -0.377 e. The lowest BCUT2D eigenvalue weighted by Crippen LogP contribution is -2.41. The van der Waals surface area contributed by atoms with E-state index >= 15 is 0 Å². The van der Waals surface area contributed by atoms with E-state index < -0.39 is 9.84 Å². The minimum atomic E-state index is -2.91. The van der Waals surface area contributed by atoms with Crippen molar-refractivity contribution in [2.45, 2.75) is 68.8 Å². The minimum absolute atomic E-state index is 0.130. The van der Waals surface area contributed by atoms with Crippen LogP contribution < -0.4 is 5.32 Å². The fourth-order valence-corrected chi connectivity index (χ4v) is 4.80. The van der Waals surface area contributed by atoms with Crippen LogP contribution in [0.15, 0.2) is 0 Å². The largest absolute Gasteiger partial charge is 0.377 e. The van der Waals surface area contributed by atoms with E-state index in [0.717, 1.165) is 25.8 Å². The third-order valence-electron chi connectivity index (χ3n) is 4.42. The molecular formula is C14H27NO3S. The number of hydrogen-bond acceptors (Lipinski definition) is 4. The van der Waals surface area contributed by atoms with Crippen molar-refractivity contribution < 1.29 is 13.2 Å². The lowest BCUT2D eigenvalue weighted by atomic mass is 9.98. The average Bonchev–Trinajstić information content (AvgIpc) is 2.84. The maximum Gasteiger partial charge on any atom is 0.151 e. The molecule has 0 heterocycles. The fourth-order valence-electron chi connectivity index (χ4n) is 3.37. The van der Waals surface area contributed by atoms with Crippen molar-refractivity contribution in [2.75, 3.05) is 19.4 Å². The molecule has 0 aromatic rings. The molecule has 19 heavy (non-hydrogen) atoms. The Morgan fingerprint density at radius 2 is 1.79 bits per heavy atom. The summed E-state index contributed by atoms with van der Waals surface area (Å²) in [7, 11) is -2.91. The van der Waals surface area contributed by atoms with Gasteiger partial charge in [-0.2, -0.15) is 0 Å². The van der Waals surface area contributed by atoms with Gasteiger partial charge in [-0.15, -0.1) is 0 Å². The summed E-state index contributed by atoms with van der Waals surface area (Å²) in [6.07, 6.45) is 10.9. The van der Waals surface area contributed by atoms with E-state index in [1.807, 2.05) is 0 Å². The Hall–Kier alpha value is -0.130. The highest BCUT2D eigenvalue weighted by Crippen LogP contribution is 2.25. The van der Waals surface area contributed by atoms with E-state index in [0.29, 0.717) is 12.7 Å². The molecule has 0 aromatic heterocycles. The molecule has 2 aliphatic carbocycles. The zero-order chi connectivity index (χ0) is 13.7. The van der Waals surface area contributed by atoms with Gasteiger partial charge in [-0.1, -0.05) is 25.7 Å². The fraction of sp³-hybridized carbons (Fsp3) is 1.00. The van der Waals surface area contributed by atoms with Crippen molar-refractivity contribution >= 4 is 9.84 Å². The van der Waals surface area contributed by atoms with Gasteiger partial charge >= 0.3 is 0 Å². The molecular weight excluding hydrogens is 262 g/mol. The maximum atomic E-state index is 11.7. The quantitative estimate of drug-likeness (QED) is 0.759. The predicted octanol–water partition coefficient (Wildman–Crippen LogP) is 1.89. The summed E-state index contributed by atoms with van der Waals surface area (Å²) in [5, 5.41) is 3.18. The van der Waals surface area contributed by atoms with Gasteiger partial charge < -0.3 is 10.1 Å². The van der Waals surface area contributed by atoms with Crippen LogP contribution >= 0.6 is 0 Å². The lowest BCUT2D eigenvalue weighted by molar-refractivity contribution is 0.0295. The Labute approximate surface area is 117 Å². The molecule has 1 N–H and O–H groups in total. The third-order valence-corrected chi connectivity index (χ3v) is 6.08. The molecule has 2 atom stereocenters. The summed E-state index contributed by atoms with van der Waals surface area (Å²) in [6, 6.07) is 0.130. The molecule has 4 nitrogen and oxygen atoms in total. The second-order valence-electron chi connectivity index (χ2n) is 5.99. The SMILES string of the molecule is CS(=O)(=O)C1CCCC1NCCOC1CCCCC1. The number of hydrogen-bond donors (Lipinski definition) is 1. The van der Waals surface area contributed by atoms with E-state index in [9.17, 15) is 8.42 Å². The molecule has 0 amide bonds. The van der Waals surface area contributed by atoms with Crippen LogP contribution in [0.5, 0.6) is 0 Å². The Morgan fingerprint density at radius 3 is 2.47 bits per heavy atom. The zero-order valence-corrected chi connectivity index (χ0v) is 12.8. The third kappa shape index (κ3) is 4.72. The van der Waals surface area contributed by atoms with Crippen molar-refractivity contribution in [1.82, 2.24) is 5.32 Å². The van der Waals surface area contributed by atoms with Crippen LogP contribution in [0.1, 0.15) is 51.4 Å². The van der Waals surface area contributed by atoms with Gasteiger partial charge in [0.05, 0.1) is 18.0 Å². The highest BCUT2D eigenvalue weighted by atomic mass is 32.2. The Balaban J connectivity index is 1.65. The highest BCUT2D eigenvalue weighted by Gasteiger charge is 2.34. The molecule has 2 fully saturated rings. The van der Waals surface area contributed by atoms with Crippen molar-refractivity contribution in [3.8, 4) is 0 Å². The van der Waals surface area contributed by atoms with Gasteiger partial charge in [-0.3, -0.25) is 0 Å². The van der Waals surface area contributed by atoms with Crippen LogP contribution in [0.3, 0.4) is 0 Å². The first kappa shape index (κ1) is 15.3. The summed E-state index contributed by atoms with van der Waals surface area (Å²) < 4.78 is 29.2. The number of ether oxygens (including phenoxy) is 1. The molecule has 2 unspecified atom stereocenters. The van der Waals surface area contributed by atoms with Crippen LogP contribution in [0.2, 0.25) is 0 Å². The van der Waals surface area contributed by atoms with Crippen LogP contribution in [0.4, 0.5) is 0 Å². The first-order valence-corrected chi connectivity index (χ1v) is 9.56. The molecule has 0 aliphatic heterocycles. The molecule has 2 aliphatic rings. The van der Waals surface area contributed by atoms with Gasteiger partial charge in [-0.25, -0.2) is 8.42 Å². The molecule has 2 rings (SSSR count). The van der Waals surface area contributed by atoms with E-state index in [4.69, 9.17) is 4.74 Å². The summed E-state index contributed by atoms with van der Waals surface area (Å²) in [5.74, 6) is 0. The van der Waals surface area contributed by atoms with Gasteiger partial charge in [0.15, 0.2) is 9.84 Å². The number of rotatable bonds is 6. The molecule has 0 aromatic carbocycles. The summed E-state index contributed by atoms with van der Waals surface area (Å²) in [4.78, 5) is 0. The Kier molecular flexibility index (Phi) is 5.66. The molecule has 0 saturated heterocycles. The van der Waals surface area contributed by atoms with Crippen molar-refractivity contribution in [1.29, 1.82) is 0 Å². The van der Waals surface area contributed by atoms with Gasteiger partial charge in [0.2, 0.25) is 0 Å². The summed E-state index contributed by atoms with van der Waals surface area (Å²) in [5.41, 5.74) is 0. The monoisotopic (exact) mass is 289 g/mol. The molecule has 112 valence electrons. The predicted molar refractivity (Wildman–Crippen MR) is 77.1 cm³/mol. The van der Waals surface area contributed by atoms with E-state index in [-0.39, 0.29) is 11.3 Å². The number of nitrogens with one attached hydrogen (secondary N) is 1. The van der Waals surface area contributed by atoms with Gasteiger partial charge in [-0.05, 0) is 25.7 Å². The summed E-state index contributed by atoms with van der Waals surface area (Å²) in [6.45, 7) is 1.48. The summed E-state index contributed by atoms with van der Waals surface area (Å²) >= 11 is 0. The zero-order valence-electron chi connectivity index (χ0n) is 11.9. The maximum absolute atomic E-state index is 11.7. The average molecular weight is 289 g/mol. The van der Waals surface area contributed by atoms with E-state index in [1.54, 1.807) is 0 Å². The first-order valence-electron chi connectivity index (χ1n) is 7.61. The Morgan fingerprint density at radius 1 is 1.05 bits per heavy atom. The Bertz CT molecular complexity index is 363. The van der Waals surface area contributed by atoms with Crippen molar-refractivity contribution in [3.05, 3.63) is 0 Å². The first-order chi connectivity index (χ1) is 9.07. The number of sulfone groups is 1. The smallest absolute Gasteiger partial charge is 0.151 e. The topological polar surface area (TPSA) is 55.4 Å². The standard InChI is InChI=1S/C14H27NO3S/c1-19(16,17)14-9-5-8-13(14)15-10-11-18-12-6-3-2-4-7-12/h12-15H,2-11H2,1H3. The molecule has 2 saturated carbocycles. The van der Waals surface area contributed by atoms with Crippen molar-refractivity contribution in [2.24, 2.45) is 0 Å². The highest BCUT2D eigenvalue weighted by molar-refractivity contribution is 7.91. The van der Waals surface area contributed by atoms with Crippen LogP contribution in [-0.4, -0.2) is 45.2 Å². The molecule has 0 bridgehead atoms. The molecule has 0 spiro atoms. The van der Waals surface area contributed by atoms with E-state index in [2.05, 4.69) is 5.32 Å². The second-order valence-corrected chi connectivity index (χ2v) is 8.25.